The van der Waals surface area contributed by atoms with E-state index in [1.807, 2.05) is 20.8 Å². The molecule has 0 saturated carbocycles. The number of aromatic carboxylic acids is 1. The number of hydrogen-bond donors (Lipinski definition) is 1. The van der Waals surface area contributed by atoms with E-state index in [2.05, 4.69) is 10.3 Å². The molecule has 1 N–H and O–H groups in total. The summed E-state index contributed by atoms with van der Waals surface area (Å²) in [7, 11) is 0. The fourth-order valence-electron chi connectivity index (χ4n) is 2.04. The summed E-state index contributed by atoms with van der Waals surface area (Å²) in [6.07, 6.45) is 0. The van der Waals surface area contributed by atoms with Crippen molar-refractivity contribution >= 4 is 5.97 Å². The molecule has 2 aromatic rings. The number of hydrogen-bond acceptors (Lipinski definition) is 3. The maximum Gasteiger partial charge on any atom is 0.358 e. The van der Waals surface area contributed by atoms with Crippen LogP contribution in [0.15, 0.2) is 18.2 Å². The van der Waals surface area contributed by atoms with Gasteiger partial charge in [0, 0.05) is 5.41 Å². The first-order valence-electron chi connectivity index (χ1n) is 6.18. The third-order valence-corrected chi connectivity index (χ3v) is 2.97. The lowest BCUT2D eigenvalue weighted by molar-refractivity contribution is 0.0687. The van der Waals surface area contributed by atoms with Crippen LogP contribution in [0.4, 0.5) is 4.39 Å². The summed E-state index contributed by atoms with van der Waals surface area (Å²) in [4.78, 5) is 11.3. The standard InChI is InChI=1S/C14H16FN3O2/c1-8-7-9(5-6-10(8)15)18-12(14(2,3)4)11(13(19)20)16-17-18/h5-7H,1-4H3,(H,19,20). The topological polar surface area (TPSA) is 68.0 Å². The van der Waals surface area contributed by atoms with E-state index >= 15 is 0 Å². The summed E-state index contributed by atoms with van der Waals surface area (Å²) in [5, 5.41) is 16.9. The molecular weight excluding hydrogens is 261 g/mol. The van der Waals surface area contributed by atoms with Gasteiger partial charge in [-0.05, 0) is 30.7 Å². The Hall–Kier alpha value is -2.24. The Labute approximate surface area is 116 Å². The SMILES string of the molecule is Cc1cc(-n2nnc(C(=O)O)c2C(C)(C)C)ccc1F. The molecule has 6 heteroatoms. The zero-order valence-electron chi connectivity index (χ0n) is 11.8. The van der Waals surface area contributed by atoms with E-state index in [1.165, 1.54) is 10.7 Å². The molecule has 0 amide bonds. The minimum atomic E-state index is -1.12. The summed E-state index contributed by atoms with van der Waals surface area (Å²) in [5.41, 5.74) is 0.999. The number of benzene rings is 1. The Morgan fingerprint density at radius 1 is 1.35 bits per heavy atom. The normalized spacial score (nSPS) is 11.7. The Kier molecular flexibility index (Phi) is 3.33. The van der Waals surface area contributed by atoms with Crippen molar-refractivity contribution in [3.05, 3.63) is 41.0 Å². The molecular formula is C14H16FN3O2. The maximum atomic E-state index is 13.3. The number of halogens is 1. The average Bonchev–Trinajstić information content (AvgIpc) is 2.77. The van der Waals surface area contributed by atoms with Crippen molar-refractivity contribution in [2.75, 3.05) is 0 Å². The van der Waals surface area contributed by atoms with Gasteiger partial charge >= 0.3 is 5.97 Å². The molecule has 0 atom stereocenters. The van der Waals surface area contributed by atoms with Crippen LogP contribution in [0.5, 0.6) is 0 Å². The van der Waals surface area contributed by atoms with E-state index in [4.69, 9.17) is 0 Å². The molecule has 0 saturated heterocycles. The van der Waals surface area contributed by atoms with Gasteiger partial charge in [0.25, 0.3) is 0 Å². The zero-order valence-corrected chi connectivity index (χ0v) is 11.8. The third kappa shape index (κ3) is 2.41. The maximum absolute atomic E-state index is 13.3. The molecule has 2 rings (SSSR count). The van der Waals surface area contributed by atoms with Crippen LogP contribution in [-0.4, -0.2) is 26.1 Å². The zero-order chi connectivity index (χ0) is 15.1. The molecule has 0 spiro atoms. The Bertz CT molecular complexity index is 672. The highest BCUT2D eigenvalue weighted by Crippen LogP contribution is 2.27. The van der Waals surface area contributed by atoms with Crippen molar-refractivity contribution in [2.24, 2.45) is 0 Å². The van der Waals surface area contributed by atoms with Crippen LogP contribution in [0.1, 0.15) is 42.5 Å². The Morgan fingerprint density at radius 2 is 2.00 bits per heavy atom. The molecule has 0 fully saturated rings. The van der Waals surface area contributed by atoms with Gasteiger partial charge in [-0.2, -0.15) is 0 Å². The van der Waals surface area contributed by atoms with Crippen molar-refractivity contribution in [1.29, 1.82) is 0 Å². The summed E-state index contributed by atoms with van der Waals surface area (Å²) < 4.78 is 14.8. The van der Waals surface area contributed by atoms with E-state index in [9.17, 15) is 14.3 Å². The number of carboxylic acid groups (broad SMARTS) is 1. The molecule has 106 valence electrons. The van der Waals surface area contributed by atoms with Crippen LogP contribution in [0.3, 0.4) is 0 Å². The number of carbonyl (C=O) groups is 1. The first-order valence-corrected chi connectivity index (χ1v) is 6.18. The van der Waals surface area contributed by atoms with Gasteiger partial charge in [-0.1, -0.05) is 26.0 Å². The number of nitrogens with zero attached hydrogens (tertiary/aromatic N) is 3. The third-order valence-electron chi connectivity index (χ3n) is 2.97. The highest BCUT2D eigenvalue weighted by atomic mass is 19.1. The van der Waals surface area contributed by atoms with E-state index in [0.29, 0.717) is 16.9 Å². The van der Waals surface area contributed by atoms with E-state index < -0.39 is 11.4 Å². The molecule has 20 heavy (non-hydrogen) atoms. The summed E-state index contributed by atoms with van der Waals surface area (Å²) in [6, 6.07) is 4.50. The lowest BCUT2D eigenvalue weighted by atomic mass is 9.90. The predicted molar refractivity (Wildman–Crippen MR) is 71.7 cm³/mol. The van der Waals surface area contributed by atoms with Gasteiger partial charge in [0.15, 0.2) is 5.69 Å². The highest BCUT2D eigenvalue weighted by molar-refractivity contribution is 5.87. The minimum Gasteiger partial charge on any atom is -0.476 e. The van der Waals surface area contributed by atoms with Gasteiger partial charge in [0.2, 0.25) is 0 Å². The van der Waals surface area contributed by atoms with Crippen LogP contribution < -0.4 is 0 Å². The molecule has 1 aromatic carbocycles. The fraction of sp³-hybridized carbons (Fsp3) is 0.357. The molecule has 5 nitrogen and oxygen atoms in total. The molecule has 0 bridgehead atoms. The Balaban J connectivity index is 2.68. The summed E-state index contributed by atoms with van der Waals surface area (Å²) >= 11 is 0. The largest absolute Gasteiger partial charge is 0.476 e. The predicted octanol–water partition coefficient (Wildman–Crippen LogP) is 2.71. The highest BCUT2D eigenvalue weighted by Gasteiger charge is 2.29. The second kappa shape index (κ2) is 4.70. The van der Waals surface area contributed by atoms with Crippen LogP contribution in [0, 0.1) is 12.7 Å². The van der Waals surface area contributed by atoms with Gasteiger partial charge < -0.3 is 5.11 Å². The molecule has 0 aliphatic heterocycles. The Morgan fingerprint density at radius 3 is 2.50 bits per heavy atom. The molecule has 0 unspecified atom stereocenters. The van der Waals surface area contributed by atoms with E-state index in [-0.39, 0.29) is 11.5 Å². The van der Waals surface area contributed by atoms with E-state index in [1.54, 1.807) is 19.1 Å². The number of carboxylic acids is 1. The smallest absolute Gasteiger partial charge is 0.358 e. The van der Waals surface area contributed by atoms with Crippen LogP contribution in [-0.2, 0) is 5.41 Å². The second-order valence-corrected chi connectivity index (χ2v) is 5.69. The molecule has 1 heterocycles. The van der Waals surface area contributed by atoms with Crippen molar-refractivity contribution in [3.8, 4) is 5.69 Å². The summed E-state index contributed by atoms with van der Waals surface area (Å²) in [6.45, 7) is 7.28. The number of aryl methyl sites for hydroxylation is 1. The average molecular weight is 277 g/mol. The van der Waals surface area contributed by atoms with Crippen molar-refractivity contribution < 1.29 is 14.3 Å². The molecule has 0 aliphatic rings. The van der Waals surface area contributed by atoms with Crippen LogP contribution >= 0.6 is 0 Å². The fourth-order valence-corrected chi connectivity index (χ4v) is 2.04. The molecule has 0 radical (unpaired) electrons. The van der Waals surface area contributed by atoms with E-state index in [0.717, 1.165) is 0 Å². The van der Waals surface area contributed by atoms with Gasteiger partial charge in [-0.3, -0.25) is 0 Å². The second-order valence-electron chi connectivity index (χ2n) is 5.69. The first-order chi connectivity index (χ1) is 9.21. The first kappa shape index (κ1) is 14.2. The lowest BCUT2D eigenvalue weighted by Gasteiger charge is -2.20. The van der Waals surface area contributed by atoms with Crippen molar-refractivity contribution in [2.45, 2.75) is 33.1 Å². The number of aromatic nitrogens is 3. The van der Waals surface area contributed by atoms with Gasteiger partial charge in [0.05, 0.1) is 11.4 Å². The minimum absolute atomic E-state index is 0.0838. The quantitative estimate of drug-likeness (QED) is 0.916. The lowest BCUT2D eigenvalue weighted by Crippen LogP contribution is -2.21. The van der Waals surface area contributed by atoms with Crippen molar-refractivity contribution in [3.63, 3.8) is 0 Å². The van der Waals surface area contributed by atoms with Crippen LogP contribution in [0.25, 0.3) is 5.69 Å². The monoisotopic (exact) mass is 277 g/mol. The number of rotatable bonds is 2. The van der Waals surface area contributed by atoms with Gasteiger partial charge in [-0.25, -0.2) is 13.9 Å². The summed E-state index contributed by atoms with van der Waals surface area (Å²) in [5.74, 6) is -1.44. The molecule has 0 aliphatic carbocycles. The van der Waals surface area contributed by atoms with Crippen molar-refractivity contribution in [1.82, 2.24) is 15.0 Å². The van der Waals surface area contributed by atoms with Crippen LogP contribution in [0.2, 0.25) is 0 Å². The molecule has 1 aromatic heterocycles. The van der Waals surface area contributed by atoms with Gasteiger partial charge in [0.1, 0.15) is 5.82 Å². The van der Waals surface area contributed by atoms with Gasteiger partial charge in [-0.15, -0.1) is 5.10 Å².